The SMILES string of the molecule is O.O=[Si](O)O.[AlH3].[MgH2]. The number of rotatable bonds is 0. The normalized spacial score (nSPS) is 3.43. The molecule has 0 radical (unpaired) electrons. The van der Waals surface area contributed by atoms with Gasteiger partial charge in [-0.2, -0.15) is 0 Å². The van der Waals surface area contributed by atoms with Gasteiger partial charge in [-0.3, -0.25) is 4.46 Å². The van der Waals surface area contributed by atoms with Gasteiger partial charge in [-0.25, -0.2) is 0 Å². The Hall–Kier alpha value is 0.876. The molecule has 7 heteroatoms. The van der Waals surface area contributed by atoms with Gasteiger partial charge in [0.2, 0.25) is 0 Å². The second-order valence-corrected chi connectivity index (χ2v) is 0.848. The van der Waals surface area contributed by atoms with E-state index in [9.17, 15) is 0 Å². The molecule has 0 aliphatic carbocycles. The molecule has 0 bridgehead atoms. The largest absolute Gasteiger partial charge is 0.761 e. The molecular weight excluding hydrogens is 143 g/mol. The molecule has 0 aliphatic rings. The molecular formula is H9AlMgO4Si. The van der Waals surface area contributed by atoms with Crippen LogP contribution in [0.15, 0.2) is 0 Å². The summed E-state index contributed by atoms with van der Waals surface area (Å²) in [6.07, 6.45) is 0. The van der Waals surface area contributed by atoms with Crippen molar-refractivity contribution in [3.8, 4) is 0 Å². The average Bonchev–Trinajstić information content (AvgIpc) is 0.811. The number of hydrogen-bond donors (Lipinski definition) is 2. The molecule has 0 aromatic heterocycles. The fourth-order valence-electron chi connectivity index (χ4n) is 0. The smallest absolute Gasteiger partial charge is 0.511 e. The number of hydrogen-bond acceptors (Lipinski definition) is 1. The first-order valence-corrected chi connectivity index (χ1v) is 1.95. The molecule has 7 heavy (non-hydrogen) atoms. The van der Waals surface area contributed by atoms with Crippen LogP contribution in [0.2, 0.25) is 0 Å². The lowest BCUT2D eigenvalue weighted by Crippen LogP contribution is -1.90. The summed E-state index contributed by atoms with van der Waals surface area (Å²) in [7, 11) is -3.13. The summed E-state index contributed by atoms with van der Waals surface area (Å²) < 4.78 is 8.74. The average molecular weight is 152 g/mol. The molecule has 0 aliphatic heterocycles. The molecule has 42 valence electrons. The van der Waals surface area contributed by atoms with E-state index in [-0.39, 0.29) is 45.9 Å². The third-order valence-corrected chi connectivity index (χ3v) is 0. The molecule has 0 aromatic rings. The lowest BCUT2D eigenvalue weighted by Gasteiger charge is -1.55. The van der Waals surface area contributed by atoms with E-state index < -0.39 is 9.17 Å². The summed E-state index contributed by atoms with van der Waals surface area (Å²) in [5, 5.41) is 0. The highest BCUT2D eigenvalue weighted by Gasteiger charge is 1.85. The minimum Gasteiger partial charge on any atom is -0.511 e. The topological polar surface area (TPSA) is 89.0 Å². The maximum Gasteiger partial charge on any atom is 0.761 e. The predicted octanol–water partition coefficient (Wildman–Crippen LogP) is -4.54. The second-order valence-electron chi connectivity index (χ2n) is 0.283. The maximum absolute atomic E-state index is 8.74. The molecule has 0 amide bonds. The molecule has 4 N–H and O–H groups in total. The molecule has 0 heterocycles. The lowest BCUT2D eigenvalue weighted by molar-refractivity contribution is 0.330. The van der Waals surface area contributed by atoms with Crippen LogP contribution in [0.1, 0.15) is 0 Å². The minimum absolute atomic E-state index is 0. The van der Waals surface area contributed by atoms with E-state index in [1.165, 1.54) is 0 Å². The third kappa shape index (κ3) is 213. The Kier molecular flexibility index (Phi) is 56.0. The summed E-state index contributed by atoms with van der Waals surface area (Å²) in [6, 6.07) is 0. The van der Waals surface area contributed by atoms with Crippen molar-refractivity contribution >= 4 is 49.6 Å². The zero-order valence-corrected chi connectivity index (χ0v) is 3.30. The van der Waals surface area contributed by atoms with Crippen LogP contribution < -0.4 is 0 Å². The summed E-state index contributed by atoms with van der Waals surface area (Å²) in [6.45, 7) is 0. The van der Waals surface area contributed by atoms with Gasteiger partial charge in [0, 0.05) is 0 Å². The first-order valence-electron chi connectivity index (χ1n) is 0.651. The van der Waals surface area contributed by atoms with E-state index in [1.54, 1.807) is 0 Å². The monoisotopic (exact) mass is 152 g/mol. The molecule has 0 unspecified atom stereocenters. The fourth-order valence-corrected chi connectivity index (χ4v) is 0. The zero-order chi connectivity index (χ0) is 3.58. The van der Waals surface area contributed by atoms with Crippen molar-refractivity contribution in [2.24, 2.45) is 0 Å². The van der Waals surface area contributed by atoms with Crippen LogP contribution >= 0.6 is 0 Å². The van der Waals surface area contributed by atoms with Crippen molar-refractivity contribution in [1.82, 2.24) is 0 Å². The second kappa shape index (κ2) is 15.8. The Labute approximate surface area is 69.0 Å². The van der Waals surface area contributed by atoms with Crippen molar-refractivity contribution < 1.29 is 19.5 Å². The van der Waals surface area contributed by atoms with Crippen molar-refractivity contribution in [3.63, 3.8) is 0 Å². The highest BCUT2D eigenvalue weighted by molar-refractivity contribution is 6.22. The van der Waals surface area contributed by atoms with Gasteiger partial charge in [0.15, 0.2) is 17.4 Å². The van der Waals surface area contributed by atoms with Gasteiger partial charge < -0.3 is 15.1 Å². The van der Waals surface area contributed by atoms with Crippen molar-refractivity contribution in [2.45, 2.75) is 0 Å². The summed E-state index contributed by atoms with van der Waals surface area (Å²) in [5.41, 5.74) is 0. The van der Waals surface area contributed by atoms with E-state index in [0.717, 1.165) is 0 Å². The van der Waals surface area contributed by atoms with Gasteiger partial charge in [-0.05, 0) is 0 Å². The van der Waals surface area contributed by atoms with Gasteiger partial charge in [0.25, 0.3) is 0 Å². The van der Waals surface area contributed by atoms with E-state index >= 15 is 0 Å². The molecule has 0 spiro atoms. The molecule has 0 rings (SSSR count). The third-order valence-electron chi connectivity index (χ3n) is 0. The standard InChI is InChI=1S/Al.Mg.H2O3Si.H2O.5H/c;;1-4(2)3;;;;;;/h;;1-2H;1H2;;;;;. The van der Waals surface area contributed by atoms with Crippen LogP contribution in [0, 0.1) is 0 Å². The maximum atomic E-state index is 8.74. The van der Waals surface area contributed by atoms with Crippen molar-refractivity contribution in [3.05, 3.63) is 0 Å². The highest BCUT2D eigenvalue weighted by atomic mass is 28.3. The Morgan fingerprint density at radius 1 is 1.29 bits per heavy atom. The predicted molar refractivity (Wildman–Crippen MR) is 33.0 cm³/mol. The van der Waals surface area contributed by atoms with Crippen LogP contribution in [-0.2, 0) is 4.46 Å². The van der Waals surface area contributed by atoms with Crippen LogP contribution in [0.25, 0.3) is 0 Å². The van der Waals surface area contributed by atoms with Gasteiger partial charge in [-0.1, -0.05) is 0 Å². The Bertz CT molecular complexity index is 34.7. The lowest BCUT2D eigenvalue weighted by atomic mass is 15.8. The fraction of sp³-hybridized carbons (Fsp3) is 0. The minimum atomic E-state index is -3.13. The molecule has 0 fully saturated rings. The van der Waals surface area contributed by atoms with E-state index in [1.807, 2.05) is 0 Å². The van der Waals surface area contributed by atoms with Gasteiger partial charge in [-0.15, -0.1) is 0 Å². The Morgan fingerprint density at radius 2 is 1.29 bits per heavy atom. The van der Waals surface area contributed by atoms with E-state index in [4.69, 9.17) is 14.1 Å². The summed E-state index contributed by atoms with van der Waals surface area (Å²) in [4.78, 5) is 14.3. The molecule has 0 saturated carbocycles. The summed E-state index contributed by atoms with van der Waals surface area (Å²) >= 11 is 0. The Balaban J connectivity index is -0.0000000150. The van der Waals surface area contributed by atoms with Gasteiger partial charge in [0.05, 0.1) is 0 Å². The van der Waals surface area contributed by atoms with E-state index in [2.05, 4.69) is 0 Å². The van der Waals surface area contributed by atoms with Crippen molar-refractivity contribution in [2.75, 3.05) is 0 Å². The quantitative estimate of drug-likeness (QED) is 0.343. The summed E-state index contributed by atoms with van der Waals surface area (Å²) in [5.74, 6) is 0. The van der Waals surface area contributed by atoms with Crippen LogP contribution in [0.3, 0.4) is 0 Å². The zero-order valence-electron chi connectivity index (χ0n) is 2.30. The molecule has 0 saturated heterocycles. The van der Waals surface area contributed by atoms with Crippen LogP contribution in [0.4, 0.5) is 0 Å². The van der Waals surface area contributed by atoms with Crippen LogP contribution in [-0.4, -0.2) is 64.7 Å². The first-order chi connectivity index (χ1) is 1.73. The molecule has 4 nitrogen and oxygen atoms in total. The van der Waals surface area contributed by atoms with Gasteiger partial charge >= 0.3 is 32.2 Å². The van der Waals surface area contributed by atoms with Crippen LogP contribution in [0.5, 0.6) is 0 Å². The highest BCUT2D eigenvalue weighted by Crippen LogP contribution is 1.27. The first kappa shape index (κ1) is 24.8. The van der Waals surface area contributed by atoms with Gasteiger partial charge in [0.1, 0.15) is 0 Å². The van der Waals surface area contributed by atoms with Crippen molar-refractivity contribution in [1.29, 1.82) is 0 Å². The van der Waals surface area contributed by atoms with E-state index in [0.29, 0.717) is 0 Å². The molecule has 0 aromatic carbocycles. The Morgan fingerprint density at radius 3 is 1.29 bits per heavy atom. The molecule has 0 atom stereocenters.